The molecule has 144 valence electrons. The number of hydrogen-bond acceptors (Lipinski definition) is 4. The first-order valence-electron chi connectivity index (χ1n) is 8.95. The highest BCUT2D eigenvalue weighted by atomic mass is 16.5. The third-order valence-corrected chi connectivity index (χ3v) is 3.34. The molecule has 0 aliphatic rings. The molecule has 0 aliphatic carbocycles. The molecule has 6 nitrogen and oxygen atoms in total. The van der Waals surface area contributed by atoms with E-state index in [2.05, 4.69) is 10.6 Å². The highest BCUT2D eigenvalue weighted by molar-refractivity contribution is 6.08. The van der Waals surface area contributed by atoms with E-state index in [9.17, 15) is 9.59 Å². The van der Waals surface area contributed by atoms with E-state index in [0.717, 1.165) is 11.5 Å². The van der Waals surface area contributed by atoms with Gasteiger partial charge in [0.05, 0.1) is 12.2 Å². The van der Waals surface area contributed by atoms with E-state index >= 15 is 0 Å². The van der Waals surface area contributed by atoms with Gasteiger partial charge in [0, 0.05) is 11.4 Å². The average Bonchev–Trinajstić information content (AvgIpc) is 2.57. The number of benzene rings is 2. The van der Waals surface area contributed by atoms with Crippen molar-refractivity contribution in [2.75, 3.05) is 10.6 Å². The summed E-state index contributed by atoms with van der Waals surface area (Å²) in [7, 11) is 0. The van der Waals surface area contributed by atoms with E-state index in [-0.39, 0.29) is 30.4 Å². The molecule has 0 spiro atoms. The fourth-order valence-electron chi connectivity index (χ4n) is 2.33. The highest BCUT2D eigenvalue weighted by Crippen LogP contribution is 2.18. The molecule has 2 rings (SSSR count). The molecule has 0 bridgehead atoms. The minimum absolute atomic E-state index is 0.0835. The zero-order chi connectivity index (χ0) is 19.8. The van der Waals surface area contributed by atoms with E-state index < -0.39 is 0 Å². The molecule has 2 amide bonds. The van der Waals surface area contributed by atoms with Gasteiger partial charge in [0.25, 0.3) is 0 Å². The summed E-state index contributed by atoms with van der Waals surface area (Å²) >= 11 is 0. The topological polar surface area (TPSA) is 76.7 Å². The first-order valence-corrected chi connectivity index (χ1v) is 8.95. The normalized spacial score (nSPS) is 10.6. The largest absolute Gasteiger partial charge is 0.491 e. The van der Waals surface area contributed by atoms with Gasteiger partial charge >= 0.3 is 0 Å². The van der Waals surface area contributed by atoms with Gasteiger partial charge in [-0.1, -0.05) is 0 Å². The number of rotatable bonds is 8. The van der Waals surface area contributed by atoms with Crippen LogP contribution in [0, 0.1) is 0 Å². The molecule has 0 aromatic heterocycles. The van der Waals surface area contributed by atoms with Crippen molar-refractivity contribution < 1.29 is 19.1 Å². The summed E-state index contributed by atoms with van der Waals surface area (Å²) in [4.78, 5) is 24.1. The number of carbonyl (C=O) groups is 2. The standard InChI is InChI=1S/C21H26N2O4/c1-14(2)26-18-9-5-16(6-10-18)22-20(24)13-21(25)23-17-7-11-19(12-8-17)27-15(3)4/h5-12,14-15H,13H2,1-4H3,(H,22,24)(H,23,25). The van der Waals surface area contributed by atoms with Crippen molar-refractivity contribution in [3.05, 3.63) is 48.5 Å². The third-order valence-electron chi connectivity index (χ3n) is 3.34. The minimum atomic E-state index is -0.384. The van der Waals surface area contributed by atoms with E-state index in [1.165, 1.54) is 0 Å². The minimum Gasteiger partial charge on any atom is -0.491 e. The molecule has 0 heterocycles. The maximum atomic E-state index is 12.0. The first kappa shape index (κ1) is 20.3. The highest BCUT2D eigenvalue weighted by Gasteiger charge is 2.10. The second-order valence-corrected chi connectivity index (χ2v) is 6.66. The Morgan fingerprint density at radius 2 is 1.04 bits per heavy atom. The van der Waals surface area contributed by atoms with E-state index in [0.29, 0.717) is 11.4 Å². The molecule has 6 heteroatoms. The molecule has 0 atom stereocenters. The lowest BCUT2D eigenvalue weighted by atomic mass is 10.2. The Balaban J connectivity index is 1.82. The molecule has 27 heavy (non-hydrogen) atoms. The SMILES string of the molecule is CC(C)Oc1ccc(NC(=O)CC(=O)Nc2ccc(OC(C)C)cc2)cc1. The summed E-state index contributed by atoms with van der Waals surface area (Å²) in [6, 6.07) is 14.0. The summed E-state index contributed by atoms with van der Waals surface area (Å²) < 4.78 is 11.1. The summed E-state index contributed by atoms with van der Waals surface area (Å²) in [5.74, 6) is 0.686. The van der Waals surface area contributed by atoms with Crippen molar-refractivity contribution >= 4 is 23.2 Å². The van der Waals surface area contributed by atoms with Crippen LogP contribution in [0.25, 0.3) is 0 Å². The van der Waals surface area contributed by atoms with Crippen LogP contribution < -0.4 is 20.1 Å². The Labute approximate surface area is 159 Å². The molecule has 0 aliphatic heterocycles. The monoisotopic (exact) mass is 370 g/mol. The van der Waals surface area contributed by atoms with Gasteiger partial charge in [-0.25, -0.2) is 0 Å². The summed E-state index contributed by atoms with van der Waals surface area (Å²) in [5.41, 5.74) is 1.22. The van der Waals surface area contributed by atoms with E-state index in [4.69, 9.17) is 9.47 Å². The number of anilines is 2. The van der Waals surface area contributed by atoms with Crippen molar-refractivity contribution in [2.24, 2.45) is 0 Å². The molecule has 0 saturated heterocycles. The number of carbonyl (C=O) groups excluding carboxylic acids is 2. The lowest BCUT2D eigenvalue weighted by Crippen LogP contribution is -2.21. The van der Waals surface area contributed by atoms with Gasteiger partial charge in [-0.2, -0.15) is 0 Å². The molecule has 0 unspecified atom stereocenters. The molecular weight excluding hydrogens is 344 g/mol. The zero-order valence-corrected chi connectivity index (χ0v) is 16.1. The fourth-order valence-corrected chi connectivity index (χ4v) is 2.33. The number of ether oxygens (including phenoxy) is 2. The third kappa shape index (κ3) is 7.40. The van der Waals surface area contributed by atoms with Gasteiger partial charge in [-0.05, 0) is 76.2 Å². The molecule has 0 saturated carbocycles. The maximum Gasteiger partial charge on any atom is 0.233 e. The van der Waals surface area contributed by atoms with Gasteiger partial charge in [-0.15, -0.1) is 0 Å². The lowest BCUT2D eigenvalue weighted by Gasteiger charge is -2.11. The van der Waals surface area contributed by atoms with E-state index in [1.54, 1.807) is 48.5 Å². The molecule has 0 radical (unpaired) electrons. The smallest absolute Gasteiger partial charge is 0.233 e. The maximum absolute atomic E-state index is 12.0. The van der Waals surface area contributed by atoms with Crippen LogP contribution in [0.5, 0.6) is 11.5 Å². The number of nitrogens with one attached hydrogen (secondary N) is 2. The number of amides is 2. The van der Waals surface area contributed by atoms with Gasteiger partial charge in [0.15, 0.2) is 0 Å². The van der Waals surface area contributed by atoms with E-state index in [1.807, 2.05) is 27.7 Å². The van der Waals surface area contributed by atoms with Gasteiger partial charge in [0.2, 0.25) is 11.8 Å². The quantitative estimate of drug-likeness (QED) is 0.682. The molecular formula is C21H26N2O4. The van der Waals surface area contributed by atoms with Gasteiger partial charge in [-0.3, -0.25) is 9.59 Å². The van der Waals surface area contributed by atoms with Crippen LogP contribution in [0.3, 0.4) is 0 Å². The average molecular weight is 370 g/mol. The zero-order valence-electron chi connectivity index (χ0n) is 16.1. The van der Waals surface area contributed by atoms with Crippen molar-refractivity contribution in [3.8, 4) is 11.5 Å². The van der Waals surface area contributed by atoms with Gasteiger partial charge in [0.1, 0.15) is 17.9 Å². The predicted molar refractivity (Wildman–Crippen MR) is 106 cm³/mol. The number of hydrogen-bond donors (Lipinski definition) is 2. The Morgan fingerprint density at radius 1 is 0.704 bits per heavy atom. The lowest BCUT2D eigenvalue weighted by molar-refractivity contribution is -0.123. The van der Waals surface area contributed by atoms with Crippen LogP contribution in [0.15, 0.2) is 48.5 Å². The second kappa shape index (κ2) is 9.62. The molecule has 0 fully saturated rings. The first-order chi connectivity index (χ1) is 12.8. The van der Waals surface area contributed by atoms with Crippen molar-refractivity contribution in [1.29, 1.82) is 0 Å². The van der Waals surface area contributed by atoms with Crippen LogP contribution in [-0.4, -0.2) is 24.0 Å². The fraction of sp³-hybridized carbons (Fsp3) is 0.333. The Bertz CT molecular complexity index is 687. The van der Waals surface area contributed by atoms with Crippen LogP contribution >= 0.6 is 0 Å². The summed E-state index contributed by atoms with van der Waals surface area (Å²) in [6.45, 7) is 7.77. The molecule has 2 N–H and O–H groups in total. The Kier molecular flexibility index (Phi) is 7.23. The van der Waals surface area contributed by atoms with Crippen LogP contribution in [0.2, 0.25) is 0 Å². The summed E-state index contributed by atoms with van der Waals surface area (Å²) in [6.07, 6.45) is -0.102. The van der Waals surface area contributed by atoms with Gasteiger partial charge < -0.3 is 20.1 Å². The van der Waals surface area contributed by atoms with Crippen molar-refractivity contribution in [3.63, 3.8) is 0 Å². The molecule has 2 aromatic rings. The Hall–Kier alpha value is -3.02. The Morgan fingerprint density at radius 3 is 1.33 bits per heavy atom. The predicted octanol–water partition coefficient (Wildman–Crippen LogP) is 4.23. The van der Waals surface area contributed by atoms with Crippen LogP contribution in [0.4, 0.5) is 11.4 Å². The van der Waals surface area contributed by atoms with Crippen molar-refractivity contribution in [1.82, 2.24) is 0 Å². The molecule has 2 aromatic carbocycles. The van der Waals surface area contributed by atoms with Crippen LogP contribution in [-0.2, 0) is 9.59 Å². The summed E-state index contributed by atoms with van der Waals surface area (Å²) in [5, 5.41) is 5.39. The second-order valence-electron chi connectivity index (χ2n) is 6.66. The van der Waals surface area contributed by atoms with Crippen molar-refractivity contribution in [2.45, 2.75) is 46.3 Å². The van der Waals surface area contributed by atoms with Crippen LogP contribution in [0.1, 0.15) is 34.1 Å².